The van der Waals surface area contributed by atoms with Gasteiger partial charge in [0.2, 0.25) is 0 Å². The number of aliphatic hydroxyl groups is 1. The van der Waals surface area contributed by atoms with E-state index in [-0.39, 0.29) is 18.2 Å². The fourth-order valence-electron chi connectivity index (χ4n) is 2.18. The Morgan fingerprint density at radius 2 is 2.20 bits per heavy atom. The molecule has 2 N–H and O–H groups in total. The maximum atomic E-state index is 9.24. The Kier molecular flexibility index (Phi) is 5.03. The highest BCUT2D eigenvalue weighted by molar-refractivity contribution is 4.89. The first-order valence-corrected chi connectivity index (χ1v) is 6.19. The van der Waals surface area contributed by atoms with Crippen LogP contribution in [0.2, 0.25) is 0 Å². The quantitative estimate of drug-likeness (QED) is 0.738. The largest absolute Gasteiger partial charge is 0.395 e. The zero-order valence-electron chi connectivity index (χ0n) is 10.4. The van der Waals surface area contributed by atoms with E-state index in [9.17, 15) is 5.11 Å². The van der Waals surface area contributed by atoms with E-state index < -0.39 is 0 Å². The third-order valence-electron chi connectivity index (χ3n) is 3.47. The lowest BCUT2D eigenvalue weighted by Gasteiger charge is -2.37. The van der Waals surface area contributed by atoms with Crippen LogP contribution in [0.15, 0.2) is 0 Å². The van der Waals surface area contributed by atoms with Crippen LogP contribution < -0.4 is 5.32 Å². The van der Waals surface area contributed by atoms with Gasteiger partial charge in [-0.1, -0.05) is 13.3 Å². The molecule has 1 unspecified atom stereocenters. The van der Waals surface area contributed by atoms with Gasteiger partial charge in [0.1, 0.15) is 0 Å². The van der Waals surface area contributed by atoms with Gasteiger partial charge >= 0.3 is 0 Å². The van der Waals surface area contributed by atoms with Gasteiger partial charge in [-0.3, -0.25) is 4.90 Å². The van der Waals surface area contributed by atoms with E-state index in [4.69, 9.17) is 0 Å². The molecule has 1 aliphatic heterocycles. The SMILES string of the molecule is CCCCN1CC(CO)NCCC1(C)C. The molecule has 1 atom stereocenters. The van der Waals surface area contributed by atoms with Crippen LogP contribution in [0.25, 0.3) is 0 Å². The molecule has 0 spiro atoms. The highest BCUT2D eigenvalue weighted by Gasteiger charge is 2.30. The van der Waals surface area contributed by atoms with E-state index >= 15 is 0 Å². The van der Waals surface area contributed by atoms with E-state index in [1.54, 1.807) is 0 Å². The molecule has 3 nitrogen and oxygen atoms in total. The number of aliphatic hydroxyl groups excluding tert-OH is 1. The summed E-state index contributed by atoms with van der Waals surface area (Å²) in [5, 5.41) is 12.6. The minimum absolute atomic E-state index is 0.249. The lowest BCUT2D eigenvalue weighted by Crippen LogP contribution is -2.47. The topological polar surface area (TPSA) is 35.5 Å². The standard InChI is InChI=1S/C12H26N2O/c1-4-5-8-14-9-11(10-15)13-7-6-12(14,2)3/h11,13,15H,4-10H2,1-3H3. The van der Waals surface area contributed by atoms with E-state index in [1.165, 1.54) is 12.8 Å². The Morgan fingerprint density at radius 1 is 1.47 bits per heavy atom. The first-order valence-electron chi connectivity index (χ1n) is 6.19. The van der Waals surface area contributed by atoms with Crippen molar-refractivity contribution >= 4 is 0 Å². The number of rotatable bonds is 4. The number of unbranched alkanes of at least 4 members (excludes halogenated alkanes) is 1. The van der Waals surface area contributed by atoms with E-state index in [2.05, 4.69) is 31.0 Å². The molecule has 90 valence electrons. The third-order valence-corrected chi connectivity index (χ3v) is 3.47. The molecular weight excluding hydrogens is 188 g/mol. The second-order valence-electron chi connectivity index (χ2n) is 5.20. The van der Waals surface area contributed by atoms with Crippen molar-refractivity contribution in [1.82, 2.24) is 10.2 Å². The second kappa shape index (κ2) is 5.83. The molecule has 0 aliphatic carbocycles. The minimum atomic E-state index is 0.249. The van der Waals surface area contributed by atoms with Crippen LogP contribution in [0, 0.1) is 0 Å². The summed E-state index contributed by atoms with van der Waals surface area (Å²) >= 11 is 0. The zero-order chi connectivity index (χ0) is 11.3. The maximum absolute atomic E-state index is 9.24. The Balaban J connectivity index is 2.57. The Labute approximate surface area is 93.9 Å². The number of hydrogen-bond donors (Lipinski definition) is 2. The average molecular weight is 214 g/mol. The average Bonchev–Trinajstić information content (AvgIpc) is 2.34. The summed E-state index contributed by atoms with van der Waals surface area (Å²) in [7, 11) is 0. The van der Waals surface area contributed by atoms with Crippen LogP contribution in [0.4, 0.5) is 0 Å². The van der Waals surface area contributed by atoms with Crippen LogP contribution in [0.1, 0.15) is 40.0 Å². The summed E-state index contributed by atoms with van der Waals surface area (Å²) in [6, 6.07) is 0.253. The van der Waals surface area contributed by atoms with Gasteiger partial charge in [0.15, 0.2) is 0 Å². The van der Waals surface area contributed by atoms with Crippen molar-refractivity contribution in [3.05, 3.63) is 0 Å². The minimum Gasteiger partial charge on any atom is -0.395 e. The monoisotopic (exact) mass is 214 g/mol. The van der Waals surface area contributed by atoms with Gasteiger partial charge in [-0.05, 0) is 39.8 Å². The van der Waals surface area contributed by atoms with Crippen molar-refractivity contribution in [2.24, 2.45) is 0 Å². The molecule has 0 aromatic carbocycles. The molecule has 3 heteroatoms. The van der Waals surface area contributed by atoms with Gasteiger partial charge in [-0.15, -0.1) is 0 Å². The van der Waals surface area contributed by atoms with Gasteiger partial charge in [0, 0.05) is 18.1 Å². The summed E-state index contributed by atoms with van der Waals surface area (Å²) in [5.74, 6) is 0. The lowest BCUT2D eigenvalue weighted by molar-refractivity contribution is 0.107. The summed E-state index contributed by atoms with van der Waals surface area (Å²) in [4.78, 5) is 2.53. The zero-order valence-corrected chi connectivity index (χ0v) is 10.4. The molecule has 0 aromatic heterocycles. The first kappa shape index (κ1) is 12.9. The third kappa shape index (κ3) is 3.74. The van der Waals surface area contributed by atoms with Crippen molar-refractivity contribution in [3.63, 3.8) is 0 Å². The number of hydrogen-bond acceptors (Lipinski definition) is 3. The van der Waals surface area contributed by atoms with Crippen molar-refractivity contribution < 1.29 is 5.11 Å². The Bertz CT molecular complexity index is 182. The van der Waals surface area contributed by atoms with Crippen molar-refractivity contribution in [3.8, 4) is 0 Å². The van der Waals surface area contributed by atoms with E-state index in [1.807, 2.05) is 0 Å². The molecule has 1 rings (SSSR count). The highest BCUT2D eigenvalue weighted by atomic mass is 16.3. The molecule has 1 aliphatic rings. The van der Waals surface area contributed by atoms with Crippen LogP contribution in [0.5, 0.6) is 0 Å². The molecule has 0 aromatic rings. The van der Waals surface area contributed by atoms with E-state index in [0.717, 1.165) is 26.1 Å². The molecule has 0 bridgehead atoms. The molecule has 1 fully saturated rings. The lowest BCUT2D eigenvalue weighted by atomic mass is 9.98. The second-order valence-corrected chi connectivity index (χ2v) is 5.20. The van der Waals surface area contributed by atoms with Crippen molar-refractivity contribution in [2.75, 3.05) is 26.2 Å². The van der Waals surface area contributed by atoms with Crippen LogP contribution in [-0.4, -0.2) is 47.8 Å². The number of nitrogens with one attached hydrogen (secondary N) is 1. The fourth-order valence-corrected chi connectivity index (χ4v) is 2.18. The summed E-state index contributed by atoms with van der Waals surface area (Å²) in [5.41, 5.74) is 0.270. The first-order chi connectivity index (χ1) is 7.10. The van der Waals surface area contributed by atoms with E-state index in [0.29, 0.717) is 0 Å². The Hall–Kier alpha value is -0.120. The van der Waals surface area contributed by atoms with Gasteiger partial charge in [-0.25, -0.2) is 0 Å². The molecule has 0 radical (unpaired) electrons. The van der Waals surface area contributed by atoms with Crippen LogP contribution in [0.3, 0.4) is 0 Å². The summed E-state index contributed by atoms with van der Waals surface area (Å²) in [6.07, 6.45) is 3.65. The predicted molar refractivity (Wildman–Crippen MR) is 64.1 cm³/mol. The molecule has 15 heavy (non-hydrogen) atoms. The van der Waals surface area contributed by atoms with Gasteiger partial charge in [-0.2, -0.15) is 0 Å². The summed E-state index contributed by atoms with van der Waals surface area (Å²) < 4.78 is 0. The highest BCUT2D eigenvalue weighted by Crippen LogP contribution is 2.21. The van der Waals surface area contributed by atoms with Crippen molar-refractivity contribution in [1.29, 1.82) is 0 Å². The van der Waals surface area contributed by atoms with Gasteiger partial charge < -0.3 is 10.4 Å². The smallest absolute Gasteiger partial charge is 0.0597 e. The molecule has 0 amide bonds. The summed E-state index contributed by atoms with van der Waals surface area (Å²) in [6.45, 7) is 10.2. The number of nitrogens with zero attached hydrogens (tertiary/aromatic N) is 1. The molecule has 0 saturated carbocycles. The fraction of sp³-hybridized carbons (Fsp3) is 1.00. The van der Waals surface area contributed by atoms with Crippen molar-refractivity contribution in [2.45, 2.75) is 51.6 Å². The van der Waals surface area contributed by atoms with Crippen LogP contribution >= 0.6 is 0 Å². The normalized spacial score (nSPS) is 27.6. The van der Waals surface area contributed by atoms with Crippen LogP contribution in [-0.2, 0) is 0 Å². The predicted octanol–water partition coefficient (Wildman–Crippen LogP) is 1.22. The molecule has 1 heterocycles. The maximum Gasteiger partial charge on any atom is 0.0597 e. The van der Waals surface area contributed by atoms with Gasteiger partial charge in [0.05, 0.1) is 6.61 Å². The molecular formula is C12H26N2O. The van der Waals surface area contributed by atoms with Gasteiger partial charge in [0.25, 0.3) is 0 Å². The Morgan fingerprint density at radius 3 is 2.80 bits per heavy atom. The molecule has 1 saturated heterocycles.